The van der Waals surface area contributed by atoms with Crippen LogP contribution in [0.15, 0.2) is 82.2 Å². The van der Waals surface area contributed by atoms with Gasteiger partial charge >= 0.3 is 5.97 Å². The third-order valence-electron chi connectivity index (χ3n) is 8.06. The SMILES string of the molecule is CCCCC1(CC)CN(c2ccccc2)c2cc(Br)c(OCC(=O)NC(Cc3ccccc3)C(=O)OCC)cc2S(=O)(=O)C1. The largest absolute Gasteiger partial charge is 0.483 e. The van der Waals surface area contributed by atoms with Crippen LogP contribution < -0.4 is 15.0 Å². The number of ether oxygens (including phenoxy) is 2. The van der Waals surface area contributed by atoms with Crippen molar-refractivity contribution in [2.75, 3.05) is 30.4 Å². The highest BCUT2D eigenvalue weighted by Crippen LogP contribution is 2.46. The van der Waals surface area contributed by atoms with Gasteiger partial charge in [-0.05, 0) is 59.5 Å². The summed E-state index contributed by atoms with van der Waals surface area (Å²) in [6.45, 7) is 6.22. The van der Waals surface area contributed by atoms with Crippen molar-refractivity contribution in [3.8, 4) is 5.75 Å². The van der Waals surface area contributed by atoms with Crippen LogP contribution in [0.3, 0.4) is 0 Å². The van der Waals surface area contributed by atoms with Crippen LogP contribution in [0.25, 0.3) is 0 Å². The van der Waals surface area contributed by atoms with Crippen molar-refractivity contribution in [1.29, 1.82) is 0 Å². The molecular formula is C34H41BrN2O6S. The summed E-state index contributed by atoms with van der Waals surface area (Å²) in [5.74, 6) is -0.816. The van der Waals surface area contributed by atoms with Crippen LogP contribution in [0.4, 0.5) is 11.4 Å². The fraction of sp³-hybridized carbons (Fsp3) is 0.412. The molecule has 3 aromatic carbocycles. The quantitative estimate of drug-likeness (QED) is 0.202. The zero-order chi connectivity index (χ0) is 31.7. The summed E-state index contributed by atoms with van der Waals surface area (Å²) in [4.78, 5) is 27.9. The maximum Gasteiger partial charge on any atom is 0.328 e. The molecule has 0 bridgehead atoms. The number of esters is 1. The number of hydrogen-bond donors (Lipinski definition) is 1. The average molecular weight is 686 g/mol. The van der Waals surface area contributed by atoms with E-state index in [0.29, 0.717) is 16.7 Å². The predicted molar refractivity (Wildman–Crippen MR) is 176 cm³/mol. The number of benzene rings is 3. The van der Waals surface area contributed by atoms with Crippen molar-refractivity contribution in [1.82, 2.24) is 5.32 Å². The van der Waals surface area contributed by atoms with Gasteiger partial charge in [-0.15, -0.1) is 0 Å². The summed E-state index contributed by atoms with van der Waals surface area (Å²) < 4.78 is 39.7. The Morgan fingerprint density at radius 1 is 1.02 bits per heavy atom. The number of para-hydroxylation sites is 1. The molecule has 1 heterocycles. The Kier molecular flexibility index (Phi) is 11.5. The van der Waals surface area contributed by atoms with E-state index in [-0.39, 0.29) is 29.4 Å². The number of carbonyl (C=O) groups excluding carboxylic acids is 2. The fourth-order valence-electron chi connectivity index (χ4n) is 5.64. The Bertz CT molecular complexity index is 1530. The van der Waals surface area contributed by atoms with E-state index < -0.39 is 39.8 Å². The van der Waals surface area contributed by atoms with Gasteiger partial charge in [0.1, 0.15) is 11.8 Å². The summed E-state index contributed by atoms with van der Waals surface area (Å²) >= 11 is 3.56. The van der Waals surface area contributed by atoms with Crippen molar-refractivity contribution < 1.29 is 27.5 Å². The van der Waals surface area contributed by atoms with Gasteiger partial charge in [0.2, 0.25) is 0 Å². The van der Waals surface area contributed by atoms with Gasteiger partial charge in [-0.3, -0.25) is 4.79 Å². The first-order valence-corrected chi connectivity index (χ1v) is 17.6. The Morgan fingerprint density at radius 2 is 1.70 bits per heavy atom. The number of fused-ring (bicyclic) bond motifs is 1. The van der Waals surface area contributed by atoms with Gasteiger partial charge in [0.05, 0.1) is 27.4 Å². The molecule has 0 spiro atoms. The van der Waals surface area contributed by atoms with E-state index in [0.717, 1.165) is 36.9 Å². The monoisotopic (exact) mass is 684 g/mol. The van der Waals surface area contributed by atoms with Crippen molar-refractivity contribution in [3.63, 3.8) is 0 Å². The van der Waals surface area contributed by atoms with Crippen LogP contribution in [0.5, 0.6) is 5.75 Å². The molecule has 1 amide bonds. The zero-order valence-electron chi connectivity index (χ0n) is 25.6. The Balaban J connectivity index is 1.62. The maximum atomic E-state index is 14.0. The van der Waals surface area contributed by atoms with E-state index in [9.17, 15) is 18.0 Å². The van der Waals surface area contributed by atoms with E-state index in [2.05, 4.69) is 40.0 Å². The average Bonchev–Trinajstić information content (AvgIpc) is 3.11. The molecule has 0 radical (unpaired) electrons. The molecule has 1 aliphatic rings. The van der Waals surface area contributed by atoms with Crippen LogP contribution >= 0.6 is 15.9 Å². The van der Waals surface area contributed by atoms with Crippen molar-refractivity contribution in [3.05, 3.63) is 82.8 Å². The van der Waals surface area contributed by atoms with Crippen LogP contribution in [-0.4, -0.2) is 51.8 Å². The van der Waals surface area contributed by atoms with E-state index in [4.69, 9.17) is 9.47 Å². The number of carbonyl (C=O) groups is 2. The van der Waals surface area contributed by atoms with Gasteiger partial charge in [0.25, 0.3) is 5.91 Å². The maximum absolute atomic E-state index is 14.0. The molecule has 4 rings (SSSR count). The van der Waals surface area contributed by atoms with Crippen molar-refractivity contribution in [2.45, 2.75) is 63.8 Å². The summed E-state index contributed by atoms with van der Waals surface area (Å²) in [6.07, 6.45) is 3.70. The summed E-state index contributed by atoms with van der Waals surface area (Å²) in [6, 6.07) is 21.5. The van der Waals surface area contributed by atoms with E-state index in [1.807, 2.05) is 60.7 Å². The molecule has 0 aromatic heterocycles. The molecule has 1 aliphatic heterocycles. The fourth-order valence-corrected chi connectivity index (χ4v) is 8.26. The van der Waals surface area contributed by atoms with E-state index in [1.54, 1.807) is 13.0 Å². The molecule has 0 saturated carbocycles. The minimum Gasteiger partial charge on any atom is -0.483 e. The molecule has 0 saturated heterocycles. The molecule has 10 heteroatoms. The normalized spacial score (nSPS) is 18.0. The number of nitrogens with one attached hydrogen (secondary N) is 1. The number of sulfone groups is 1. The van der Waals surface area contributed by atoms with Gasteiger partial charge in [-0.2, -0.15) is 0 Å². The second kappa shape index (κ2) is 15.1. The van der Waals surface area contributed by atoms with Crippen LogP contribution in [-0.2, 0) is 30.6 Å². The summed E-state index contributed by atoms with van der Waals surface area (Å²) in [7, 11) is -3.72. The minimum absolute atomic E-state index is 0.0229. The number of hydrogen-bond acceptors (Lipinski definition) is 7. The van der Waals surface area contributed by atoms with E-state index >= 15 is 0 Å². The van der Waals surface area contributed by atoms with Gasteiger partial charge in [0.15, 0.2) is 16.4 Å². The standard InChI is InChI=1S/C34H41BrN2O6S/c1-4-7-18-34(5-2)23-37(26-16-12-9-13-17-26)29-20-27(35)30(21-31(29)44(40,41)24-34)43-22-32(38)36-28(33(39)42-6-3)19-25-14-10-8-11-15-25/h8-17,20-21,28H,4-7,18-19,22-24H2,1-3H3,(H,36,38). The molecule has 44 heavy (non-hydrogen) atoms. The first kappa shape index (κ1) is 33.5. The van der Waals surface area contributed by atoms with Gasteiger partial charge in [-0.1, -0.05) is 75.2 Å². The number of nitrogens with zero attached hydrogens (tertiary/aromatic N) is 1. The molecule has 0 fully saturated rings. The molecule has 0 aliphatic carbocycles. The lowest BCUT2D eigenvalue weighted by Gasteiger charge is -2.36. The van der Waals surface area contributed by atoms with Crippen LogP contribution in [0, 0.1) is 5.41 Å². The second-order valence-electron chi connectivity index (χ2n) is 11.2. The smallest absolute Gasteiger partial charge is 0.328 e. The lowest BCUT2D eigenvalue weighted by molar-refractivity contribution is -0.147. The van der Waals surface area contributed by atoms with Crippen LogP contribution in [0.2, 0.25) is 0 Å². The highest BCUT2D eigenvalue weighted by Gasteiger charge is 2.42. The molecule has 2 unspecified atom stereocenters. The van der Waals surface area contributed by atoms with Crippen LogP contribution in [0.1, 0.15) is 52.0 Å². The number of amides is 1. The minimum atomic E-state index is -3.72. The molecule has 3 aromatic rings. The zero-order valence-corrected chi connectivity index (χ0v) is 28.0. The number of anilines is 2. The molecule has 236 valence electrons. The highest BCUT2D eigenvalue weighted by molar-refractivity contribution is 9.10. The third-order valence-corrected chi connectivity index (χ3v) is 10.7. The summed E-state index contributed by atoms with van der Waals surface area (Å²) in [5.41, 5.74) is 1.91. The van der Waals surface area contributed by atoms with Gasteiger partial charge in [0, 0.05) is 30.1 Å². The van der Waals surface area contributed by atoms with Crippen molar-refractivity contribution >= 4 is 49.0 Å². The summed E-state index contributed by atoms with van der Waals surface area (Å²) in [5, 5.41) is 2.71. The Labute approximate surface area is 269 Å². The topological polar surface area (TPSA) is 102 Å². The molecule has 1 N–H and O–H groups in total. The lowest BCUT2D eigenvalue weighted by Crippen LogP contribution is -2.45. The molecule has 2 atom stereocenters. The third kappa shape index (κ3) is 8.21. The predicted octanol–water partition coefficient (Wildman–Crippen LogP) is 6.63. The van der Waals surface area contributed by atoms with Gasteiger partial charge < -0.3 is 19.7 Å². The number of unbranched alkanes of at least 4 members (excludes halogenated alkanes) is 1. The van der Waals surface area contributed by atoms with Crippen molar-refractivity contribution in [2.24, 2.45) is 5.41 Å². The number of rotatable bonds is 13. The first-order valence-electron chi connectivity index (χ1n) is 15.1. The number of halogens is 1. The highest BCUT2D eigenvalue weighted by atomic mass is 79.9. The molecule has 8 nitrogen and oxygen atoms in total. The molecular weight excluding hydrogens is 644 g/mol. The van der Waals surface area contributed by atoms with Gasteiger partial charge in [-0.25, -0.2) is 13.2 Å². The first-order chi connectivity index (χ1) is 21.1. The Hall–Kier alpha value is -3.37. The second-order valence-corrected chi connectivity index (χ2v) is 14.1. The van der Waals surface area contributed by atoms with E-state index in [1.165, 1.54) is 6.07 Å². The Morgan fingerprint density at radius 3 is 2.34 bits per heavy atom. The lowest BCUT2D eigenvalue weighted by atomic mass is 9.81.